The fourth-order valence-electron chi connectivity index (χ4n) is 0.869. The highest BCUT2D eigenvalue weighted by Gasteiger charge is 2.25. The van der Waals surface area contributed by atoms with Crippen molar-refractivity contribution in [2.75, 3.05) is 40.5 Å². The molecule has 0 rings (SSSR count). The van der Waals surface area contributed by atoms with Crippen molar-refractivity contribution in [2.24, 2.45) is 0 Å². The van der Waals surface area contributed by atoms with Crippen LogP contribution >= 0.6 is 0 Å². The number of methoxy groups -OCH3 is 2. The lowest BCUT2D eigenvalue weighted by Crippen LogP contribution is -2.45. The van der Waals surface area contributed by atoms with Gasteiger partial charge in [0.25, 0.3) is 5.91 Å². The average Bonchev–Trinajstić information content (AvgIpc) is 2.22. The molecule has 0 fully saturated rings. The van der Waals surface area contributed by atoms with E-state index in [0.29, 0.717) is 13.2 Å². The Morgan fingerprint density at radius 2 is 1.87 bits per heavy atom. The maximum Gasteiger partial charge on any atom is 0.251 e. The van der Waals surface area contributed by atoms with E-state index in [0.717, 1.165) is 13.1 Å². The second kappa shape index (κ2) is 7.62. The highest BCUT2D eigenvalue weighted by molar-refractivity contribution is 5.84. The van der Waals surface area contributed by atoms with Gasteiger partial charge in [-0.2, -0.15) is 0 Å². The van der Waals surface area contributed by atoms with Crippen molar-refractivity contribution in [1.82, 2.24) is 10.6 Å². The summed E-state index contributed by atoms with van der Waals surface area (Å²) in [5.74, 6) is -0.0986. The van der Waals surface area contributed by atoms with Gasteiger partial charge in [-0.15, -0.1) is 0 Å². The van der Waals surface area contributed by atoms with Gasteiger partial charge in [-0.25, -0.2) is 0 Å². The molecule has 0 saturated heterocycles. The van der Waals surface area contributed by atoms with Gasteiger partial charge in [0, 0.05) is 33.9 Å². The molecule has 0 aromatic rings. The van der Waals surface area contributed by atoms with Gasteiger partial charge in [0.1, 0.15) is 5.60 Å². The summed E-state index contributed by atoms with van der Waals surface area (Å²) < 4.78 is 9.91. The Morgan fingerprint density at radius 3 is 2.40 bits per heavy atom. The van der Waals surface area contributed by atoms with Crippen LogP contribution in [0.2, 0.25) is 0 Å². The molecule has 90 valence electrons. The molecule has 0 atom stereocenters. The first-order chi connectivity index (χ1) is 7.04. The van der Waals surface area contributed by atoms with E-state index in [1.807, 2.05) is 0 Å². The molecule has 2 N–H and O–H groups in total. The molecule has 0 spiro atoms. The molecule has 0 aliphatic carbocycles. The number of rotatable bonds is 8. The smallest absolute Gasteiger partial charge is 0.251 e. The van der Waals surface area contributed by atoms with E-state index in [9.17, 15) is 4.79 Å². The second-order valence-electron chi connectivity index (χ2n) is 3.71. The number of ether oxygens (including phenoxy) is 2. The van der Waals surface area contributed by atoms with Crippen LogP contribution in [0.15, 0.2) is 0 Å². The Bertz CT molecular complexity index is 184. The summed E-state index contributed by atoms with van der Waals surface area (Å²) in [5, 5.41) is 5.91. The van der Waals surface area contributed by atoms with E-state index < -0.39 is 5.60 Å². The van der Waals surface area contributed by atoms with Crippen molar-refractivity contribution in [3.63, 3.8) is 0 Å². The van der Waals surface area contributed by atoms with Crippen molar-refractivity contribution in [2.45, 2.75) is 19.4 Å². The fourth-order valence-corrected chi connectivity index (χ4v) is 0.869. The molecule has 0 aromatic heterocycles. The highest BCUT2D eigenvalue weighted by atomic mass is 16.5. The van der Waals surface area contributed by atoms with Crippen LogP contribution in [0.4, 0.5) is 0 Å². The molecule has 5 nitrogen and oxygen atoms in total. The summed E-state index contributed by atoms with van der Waals surface area (Å²) >= 11 is 0. The Kier molecular flexibility index (Phi) is 7.29. The zero-order valence-electron chi connectivity index (χ0n) is 10.1. The number of hydrogen-bond acceptors (Lipinski definition) is 4. The minimum absolute atomic E-state index is 0.0986. The minimum atomic E-state index is -0.757. The van der Waals surface area contributed by atoms with Gasteiger partial charge in [-0.05, 0) is 13.8 Å². The van der Waals surface area contributed by atoms with Gasteiger partial charge < -0.3 is 20.1 Å². The lowest BCUT2D eigenvalue weighted by molar-refractivity contribution is -0.139. The molecule has 0 saturated carbocycles. The van der Waals surface area contributed by atoms with Crippen LogP contribution < -0.4 is 10.6 Å². The molecule has 0 heterocycles. The van der Waals surface area contributed by atoms with Crippen LogP contribution in [-0.2, 0) is 14.3 Å². The van der Waals surface area contributed by atoms with Crippen LogP contribution in [0, 0.1) is 0 Å². The quantitative estimate of drug-likeness (QED) is 0.552. The number of amides is 1. The SMILES string of the molecule is COCCNCCNC(=O)C(C)(C)OC. The third-order valence-electron chi connectivity index (χ3n) is 2.13. The minimum Gasteiger partial charge on any atom is -0.383 e. The normalized spacial score (nSPS) is 11.5. The second-order valence-corrected chi connectivity index (χ2v) is 3.71. The lowest BCUT2D eigenvalue weighted by atomic mass is 10.1. The molecule has 0 aliphatic rings. The van der Waals surface area contributed by atoms with E-state index in [1.165, 1.54) is 7.11 Å². The molecule has 0 radical (unpaired) electrons. The number of carbonyl (C=O) groups is 1. The number of hydrogen-bond donors (Lipinski definition) is 2. The van der Waals surface area contributed by atoms with Gasteiger partial charge in [-0.3, -0.25) is 4.79 Å². The van der Waals surface area contributed by atoms with Crippen LogP contribution in [0.1, 0.15) is 13.8 Å². The number of nitrogens with one attached hydrogen (secondary N) is 2. The highest BCUT2D eigenvalue weighted by Crippen LogP contribution is 2.05. The average molecular weight is 218 g/mol. The summed E-state index contributed by atoms with van der Waals surface area (Å²) in [6.45, 7) is 6.27. The van der Waals surface area contributed by atoms with Crippen LogP contribution in [0.3, 0.4) is 0 Å². The molecule has 0 aromatic carbocycles. The van der Waals surface area contributed by atoms with Gasteiger partial charge in [0.2, 0.25) is 0 Å². The van der Waals surface area contributed by atoms with Gasteiger partial charge in [0.15, 0.2) is 0 Å². The molecular weight excluding hydrogens is 196 g/mol. The number of carbonyl (C=O) groups excluding carboxylic acids is 1. The molecule has 0 unspecified atom stereocenters. The van der Waals surface area contributed by atoms with E-state index in [-0.39, 0.29) is 5.91 Å². The first kappa shape index (κ1) is 14.3. The molecule has 5 heteroatoms. The van der Waals surface area contributed by atoms with Gasteiger partial charge in [-0.1, -0.05) is 0 Å². The first-order valence-corrected chi connectivity index (χ1v) is 5.07. The predicted molar refractivity (Wildman–Crippen MR) is 58.8 cm³/mol. The third kappa shape index (κ3) is 6.43. The van der Waals surface area contributed by atoms with Crippen molar-refractivity contribution in [3.05, 3.63) is 0 Å². The monoisotopic (exact) mass is 218 g/mol. The van der Waals surface area contributed by atoms with Gasteiger partial charge in [0.05, 0.1) is 6.61 Å². The molecule has 1 amide bonds. The Hall–Kier alpha value is -0.650. The van der Waals surface area contributed by atoms with Crippen LogP contribution in [0.25, 0.3) is 0 Å². The summed E-state index contributed by atoms with van der Waals surface area (Å²) in [5.41, 5.74) is -0.757. The van der Waals surface area contributed by atoms with E-state index in [2.05, 4.69) is 10.6 Å². The van der Waals surface area contributed by atoms with Crippen molar-refractivity contribution in [3.8, 4) is 0 Å². The van der Waals surface area contributed by atoms with Crippen molar-refractivity contribution < 1.29 is 14.3 Å². The molecular formula is C10H22N2O3. The largest absolute Gasteiger partial charge is 0.383 e. The Morgan fingerprint density at radius 1 is 1.20 bits per heavy atom. The third-order valence-corrected chi connectivity index (χ3v) is 2.13. The summed E-state index contributed by atoms with van der Waals surface area (Å²) in [6.07, 6.45) is 0. The molecule has 0 aliphatic heterocycles. The molecule has 15 heavy (non-hydrogen) atoms. The summed E-state index contributed by atoms with van der Waals surface area (Å²) in [4.78, 5) is 11.5. The van der Waals surface area contributed by atoms with Crippen molar-refractivity contribution in [1.29, 1.82) is 0 Å². The van der Waals surface area contributed by atoms with Crippen LogP contribution in [-0.4, -0.2) is 52.0 Å². The Labute approximate surface area is 91.5 Å². The summed E-state index contributed by atoms with van der Waals surface area (Å²) in [6, 6.07) is 0. The standard InChI is InChI=1S/C10H22N2O3/c1-10(2,15-4)9(13)12-6-5-11-7-8-14-3/h11H,5-8H2,1-4H3,(H,12,13). The maximum atomic E-state index is 11.5. The van der Waals surface area contributed by atoms with E-state index in [1.54, 1.807) is 21.0 Å². The topological polar surface area (TPSA) is 59.6 Å². The predicted octanol–water partition coefficient (Wildman–Crippen LogP) is -0.236. The van der Waals surface area contributed by atoms with Gasteiger partial charge >= 0.3 is 0 Å². The zero-order chi connectivity index (χ0) is 11.7. The lowest BCUT2D eigenvalue weighted by Gasteiger charge is -2.21. The van der Waals surface area contributed by atoms with Crippen LogP contribution in [0.5, 0.6) is 0 Å². The Balaban J connectivity index is 3.47. The van der Waals surface area contributed by atoms with E-state index >= 15 is 0 Å². The summed E-state index contributed by atoms with van der Waals surface area (Å²) in [7, 11) is 3.18. The first-order valence-electron chi connectivity index (χ1n) is 5.07. The van der Waals surface area contributed by atoms with E-state index in [4.69, 9.17) is 9.47 Å². The fraction of sp³-hybridized carbons (Fsp3) is 0.900. The zero-order valence-corrected chi connectivity index (χ0v) is 10.1. The van der Waals surface area contributed by atoms with Crippen molar-refractivity contribution >= 4 is 5.91 Å². The molecule has 0 bridgehead atoms. The maximum absolute atomic E-state index is 11.5.